The third-order valence-electron chi connectivity index (χ3n) is 16.6. The van der Waals surface area contributed by atoms with E-state index < -0.39 is 6.10 Å². The number of carbonyl (C=O) groups excluding carboxylic acids is 3. The minimum atomic E-state index is -0.770. The molecule has 81 heavy (non-hydrogen) atoms. The Labute approximate surface area is 506 Å². The molecule has 0 fully saturated rings. The number of esters is 3. The molecule has 0 radical (unpaired) electrons. The Kier molecular flexibility index (Phi) is 68.1. The van der Waals surface area contributed by atoms with Crippen molar-refractivity contribution in [2.75, 3.05) is 13.2 Å². The molecule has 1 atom stereocenters. The summed E-state index contributed by atoms with van der Waals surface area (Å²) in [6.07, 6.45) is 87.8. The molecule has 0 amide bonds. The molecule has 0 aromatic heterocycles. The van der Waals surface area contributed by atoms with Crippen LogP contribution in [0.3, 0.4) is 0 Å². The minimum absolute atomic E-state index is 0.0682. The molecule has 0 saturated carbocycles. The van der Waals surface area contributed by atoms with Crippen molar-refractivity contribution < 1.29 is 28.6 Å². The van der Waals surface area contributed by atoms with Crippen molar-refractivity contribution in [1.82, 2.24) is 0 Å². The number of ether oxygens (including phenoxy) is 3. The monoisotopic (exact) mass is 1140 g/mol. The molecule has 0 saturated heterocycles. The predicted octanol–water partition coefficient (Wildman–Crippen LogP) is 25.1. The van der Waals surface area contributed by atoms with Gasteiger partial charge in [-0.2, -0.15) is 0 Å². The Morgan fingerprint density at radius 2 is 0.444 bits per heavy atom. The smallest absolute Gasteiger partial charge is 0.306 e. The Bertz CT molecular complexity index is 1350. The molecular weight excluding hydrogens is 997 g/mol. The SMILES string of the molecule is CCCCC/C=C\C/C=C\CCCCCCCCCCCC(=O)OC(COC(=O)CCCCCCCCCCC)COC(=O)CCCCCCCCCCCCCCCCCCCCCCCCC/C=C\CCCCCCCCCC. The minimum Gasteiger partial charge on any atom is -0.462 e. The number of carbonyl (C=O) groups is 3. The molecule has 0 spiro atoms. The summed E-state index contributed by atoms with van der Waals surface area (Å²) in [5.74, 6) is -0.849. The first-order chi connectivity index (χ1) is 40.0. The average Bonchev–Trinajstić information content (AvgIpc) is 3.47. The van der Waals surface area contributed by atoms with Crippen LogP contribution in [0, 0.1) is 0 Å². The first kappa shape index (κ1) is 78.6. The second-order valence-corrected chi connectivity index (χ2v) is 24.9. The molecule has 0 heterocycles. The highest BCUT2D eigenvalue weighted by atomic mass is 16.6. The molecule has 6 heteroatoms. The summed E-state index contributed by atoms with van der Waals surface area (Å²) in [7, 11) is 0. The van der Waals surface area contributed by atoms with Gasteiger partial charge in [-0.1, -0.05) is 346 Å². The van der Waals surface area contributed by atoms with E-state index in [0.717, 1.165) is 64.2 Å². The van der Waals surface area contributed by atoms with Gasteiger partial charge >= 0.3 is 17.9 Å². The van der Waals surface area contributed by atoms with Crippen LogP contribution in [0.5, 0.6) is 0 Å². The standard InChI is InChI=1S/C75H140O6/c1-4-7-10-13-16-19-21-23-25-27-29-30-31-32-33-34-35-36-37-38-39-40-41-42-43-44-46-47-49-51-53-56-59-62-65-68-74(77)80-71-72(70-79-73(76)67-64-61-58-55-18-15-12-9-6-3)81-75(78)69-66-63-60-57-54-52-50-48-45-28-26-24-22-20-17-14-11-8-5-2/h17,20,24,26-27,29,72H,4-16,18-19,21-23,25,28,30-71H2,1-3H3/b20-17-,26-24-,29-27-. The van der Waals surface area contributed by atoms with Crippen molar-refractivity contribution in [2.45, 2.75) is 412 Å². The fraction of sp³-hybridized carbons (Fsp3) is 0.880. The van der Waals surface area contributed by atoms with Crippen molar-refractivity contribution in [3.63, 3.8) is 0 Å². The van der Waals surface area contributed by atoms with Crippen LogP contribution in [0.1, 0.15) is 406 Å². The highest BCUT2D eigenvalue weighted by Gasteiger charge is 2.19. The Hall–Kier alpha value is -2.37. The lowest BCUT2D eigenvalue weighted by Gasteiger charge is -2.18. The Balaban J connectivity index is 3.99. The van der Waals surface area contributed by atoms with Gasteiger partial charge in [-0.05, 0) is 77.0 Å². The second kappa shape index (κ2) is 70.1. The summed E-state index contributed by atoms with van der Waals surface area (Å²) >= 11 is 0. The number of unbranched alkanes of at least 4 members (excludes halogenated alkanes) is 51. The van der Waals surface area contributed by atoms with Crippen LogP contribution in [0.15, 0.2) is 36.5 Å². The average molecular weight is 1140 g/mol. The summed E-state index contributed by atoms with van der Waals surface area (Å²) in [4.78, 5) is 38.3. The molecule has 0 aliphatic heterocycles. The quantitative estimate of drug-likeness (QED) is 0.0261. The molecule has 0 N–H and O–H groups in total. The van der Waals surface area contributed by atoms with Crippen molar-refractivity contribution in [1.29, 1.82) is 0 Å². The van der Waals surface area contributed by atoms with E-state index in [-0.39, 0.29) is 31.1 Å². The van der Waals surface area contributed by atoms with Gasteiger partial charge in [0.25, 0.3) is 0 Å². The van der Waals surface area contributed by atoms with Crippen molar-refractivity contribution in [3.8, 4) is 0 Å². The van der Waals surface area contributed by atoms with Gasteiger partial charge in [-0.15, -0.1) is 0 Å². The molecule has 0 rings (SSSR count). The maximum Gasteiger partial charge on any atom is 0.306 e. The molecule has 6 nitrogen and oxygen atoms in total. The molecule has 0 bridgehead atoms. The fourth-order valence-corrected chi connectivity index (χ4v) is 11.1. The summed E-state index contributed by atoms with van der Waals surface area (Å²) in [6, 6.07) is 0. The van der Waals surface area contributed by atoms with Crippen molar-refractivity contribution in [3.05, 3.63) is 36.5 Å². The number of allylic oxidation sites excluding steroid dienone is 6. The molecule has 0 aliphatic carbocycles. The van der Waals surface area contributed by atoms with Crippen LogP contribution in [0.4, 0.5) is 0 Å². The lowest BCUT2D eigenvalue weighted by molar-refractivity contribution is -0.167. The molecule has 0 aromatic carbocycles. The highest BCUT2D eigenvalue weighted by molar-refractivity contribution is 5.71. The van der Waals surface area contributed by atoms with Crippen LogP contribution in [0.2, 0.25) is 0 Å². The van der Waals surface area contributed by atoms with Crippen LogP contribution >= 0.6 is 0 Å². The van der Waals surface area contributed by atoms with Gasteiger partial charge in [0, 0.05) is 19.3 Å². The van der Waals surface area contributed by atoms with E-state index in [9.17, 15) is 14.4 Å². The first-order valence-electron chi connectivity index (χ1n) is 36.5. The van der Waals surface area contributed by atoms with Crippen LogP contribution in [0.25, 0.3) is 0 Å². The van der Waals surface area contributed by atoms with E-state index in [1.54, 1.807) is 0 Å². The van der Waals surface area contributed by atoms with Gasteiger partial charge in [0.15, 0.2) is 6.10 Å². The zero-order valence-electron chi connectivity index (χ0n) is 54.8. The van der Waals surface area contributed by atoms with Crippen LogP contribution in [-0.2, 0) is 28.6 Å². The Morgan fingerprint density at radius 3 is 0.716 bits per heavy atom. The first-order valence-corrected chi connectivity index (χ1v) is 36.5. The number of hydrogen-bond acceptors (Lipinski definition) is 6. The highest BCUT2D eigenvalue weighted by Crippen LogP contribution is 2.19. The largest absolute Gasteiger partial charge is 0.462 e. The fourth-order valence-electron chi connectivity index (χ4n) is 11.1. The zero-order valence-corrected chi connectivity index (χ0v) is 54.8. The van der Waals surface area contributed by atoms with Crippen molar-refractivity contribution in [2.24, 2.45) is 0 Å². The van der Waals surface area contributed by atoms with Gasteiger partial charge in [-0.25, -0.2) is 0 Å². The van der Waals surface area contributed by atoms with Gasteiger partial charge < -0.3 is 14.2 Å². The third kappa shape index (κ3) is 68.3. The van der Waals surface area contributed by atoms with E-state index in [4.69, 9.17) is 14.2 Å². The molecule has 0 aliphatic rings. The van der Waals surface area contributed by atoms with E-state index in [2.05, 4.69) is 57.2 Å². The summed E-state index contributed by atoms with van der Waals surface area (Å²) in [6.45, 7) is 6.66. The maximum absolute atomic E-state index is 12.9. The van der Waals surface area contributed by atoms with Crippen LogP contribution in [-0.4, -0.2) is 37.2 Å². The van der Waals surface area contributed by atoms with Crippen LogP contribution < -0.4 is 0 Å². The summed E-state index contributed by atoms with van der Waals surface area (Å²) < 4.78 is 16.9. The summed E-state index contributed by atoms with van der Waals surface area (Å²) in [5.41, 5.74) is 0. The Morgan fingerprint density at radius 1 is 0.247 bits per heavy atom. The molecule has 476 valence electrons. The third-order valence-corrected chi connectivity index (χ3v) is 16.6. The lowest BCUT2D eigenvalue weighted by Crippen LogP contribution is -2.30. The molecule has 1 unspecified atom stereocenters. The number of hydrogen-bond donors (Lipinski definition) is 0. The number of rotatable bonds is 68. The topological polar surface area (TPSA) is 78.9 Å². The van der Waals surface area contributed by atoms with E-state index >= 15 is 0 Å². The predicted molar refractivity (Wildman–Crippen MR) is 353 cm³/mol. The summed E-state index contributed by atoms with van der Waals surface area (Å²) in [5, 5.41) is 0. The lowest BCUT2D eigenvalue weighted by atomic mass is 10.0. The maximum atomic E-state index is 12.9. The molecule has 0 aromatic rings. The molecular formula is C75H140O6. The van der Waals surface area contributed by atoms with Gasteiger partial charge in [0.05, 0.1) is 0 Å². The van der Waals surface area contributed by atoms with Gasteiger partial charge in [0.2, 0.25) is 0 Å². The van der Waals surface area contributed by atoms with Gasteiger partial charge in [-0.3, -0.25) is 14.4 Å². The van der Waals surface area contributed by atoms with E-state index in [1.165, 1.54) is 302 Å². The zero-order chi connectivity index (χ0) is 58.5. The second-order valence-electron chi connectivity index (χ2n) is 24.9. The normalized spacial score (nSPS) is 12.2. The van der Waals surface area contributed by atoms with E-state index in [0.29, 0.717) is 19.3 Å². The van der Waals surface area contributed by atoms with Gasteiger partial charge in [0.1, 0.15) is 13.2 Å². The van der Waals surface area contributed by atoms with E-state index in [1.807, 2.05) is 0 Å². The van der Waals surface area contributed by atoms with Crippen molar-refractivity contribution >= 4 is 17.9 Å².